The van der Waals surface area contributed by atoms with Gasteiger partial charge in [0.25, 0.3) is 0 Å². The predicted molar refractivity (Wildman–Crippen MR) is 127 cm³/mol. The zero-order valence-electron chi connectivity index (χ0n) is 20.0. The van der Waals surface area contributed by atoms with Gasteiger partial charge in [-0.2, -0.15) is 4.39 Å². The largest absolute Gasteiger partial charge is 0.491 e. The van der Waals surface area contributed by atoms with Crippen LogP contribution in [0.5, 0.6) is 5.75 Å². The minimum absolute atomic E-state index is 0.0569. The lowest BCUT2D eigenvalue weighted by Crippen LogP contribution is -2.34. The molecular formula is C28H37F2NO2. The van der Waals surface area contributed by atoms with E-state index in [1.165, 1.54) is 51.0 Å². The van der Waals surface area contributed by atoms with E-state index in [-0.39, 0.29) is 11.3 Å². The summed E-state index contributed by atoms with van der Waals surface area (Å²) in [5.74, 6) is -0.0436. The van der Waals surface area contributed by atoms with E-state index in [2.05, 4.69) is 11.9 Å². The van der Waals surface area contributed by atoms with E-state index in [4.69, 9.17) is 9.47 Å². The zero-order valence-corrected chi connectivity index (χ0v) is 20.0. The van der Waals surface area contributed by atoms with E-state index in [0.29, 0.717) is 30.1 Å². The average molecular weight is 458 g/mol. The molecule has 2 heterocycles. The van der Waals surface area contributed by atoms with E-state index in [1.807, 2.05) is 12.1 Å². The molecule has 0 amide bonds. The van der Waals surface area contributed by atoms with E-state index in [9.17, 15) is 8.78 Å². The molecule has 0 radical (unpaired) electrons. The lowest BCUT2D eigenvalue weighted by Gasteiger charge is -2.37. The van der Waals surface area contributed by atoms with Crippen molar-refractivity contribution in [3.05, 3.63) is 47.8 Å². The third kappa shape index (κ3) is 5.74. The number of halogens is 2. The Morgan fingerprint density at radius 2 is 1.79 bits per heavy atom. The van der Waals surface area contributed by atoms with Gasteiger partial charge < -0.3 is 9.47 Å². The first-order valence-electron chi connectivity index (χ1n) is 12.8. The van der Waals surface area contributed by atoms with Crippen LogP contribution in [0.1, 0.15) is 83.2 Å². The highest BCUT2D eigenvalue weighted by molar-refractivity contribution is 5.64. The second-order valence-electron chi connectivity index (χ2n) is 9.71. The van der Waals surface area contributed by atoms with Crippen molar-refractivity contribution in [3.8, 4) is 16.9 Å². The van der Waals surface area contributed by atoms with Crippen LogP contribution in [-0.2, 0) is 4.74 Å². The molecule has 2 aromatic rings. The van der Waals surface area contributed by atoms with Crippen molar-refractivity contribution in [3.63, 3.8) is 0 Å². The number of rotatable bonds is 8. The summed E-state index contributed by atoms with van der Waals surface area (Å²) in [4.78, 5) is 4.63. The Hall–Kier alpha value is -2.01. The van der Waals surface area contributed by atoms with Gasteiger partial charge in [0.05, 0.1) is 12.7 Å². The molecule has 2 atom stereocenters. The van der Waals surface area contributed by atoms with Gasteiger partial charge in [0.1, 0.15) is 0 Å². The van der Waals surface area contributed by atoms with Gasteiger partial charge in [0.15, 0.2) is 11.6 Å². The van der Waals surface area contributed by atoms with Crippen LogP contribution in [0.2, 0.25) is 0 Å². The van der Waals surface area contributed by atoms with Gasteiger partial charge in [-0.1, -0.05) is 25.8 Å². The molecule has 5 heteroatoms. The number of nitrogens with zero attached hydrogens (tertiary/aromatic N) is 1. The fraction of sp³-hybridized carbons (Fsp3) is 0.607. The monoisotopic (exact) mass is 457 g/mol. The van der Waals surface area contributed by atoms with E-state index < -0.39 is 11.6 Å². The second kappa shape index (κ2) is 11.4. The summed E-state index contributed by atoms with van der Waals surface area (Å²) in [5.41, 5.74) is 1.85. The minimum Gasteiger partial charge on any atom is -0.491 e. The molecule has 2 aliphatic rings. The Balaban J connectivity index is 1.32. The number of benzene rings is 1. The summed E-state index contributed by atoms with van der Waals surface area (Å²) in [5, 5.41) is 0. The molecule has 0 N–H and O–H groups in total. The molecule has 33 heavy (non-hydrogen) atoms. The van der Waals surface area contributed by atoms with Crippen molar-refractivity contribution in [2.24, 2.45) is 11.8 Å². The predicted octanol–water partition coefficient (Wildman–Crippen LogP) is 7.68. The molecule has 1 aliphatic carbocycles. The number of unbranched alkanes of at least 4 members (excludes halogenated alkanes) is 1. The number of pyridine rings is 1. The number of aromatic nitrogens is 1. The van der Waals surface area contributed by atoms with Gasteiger partial charge in [-0.3, -0.25) is 4.98 Å². The highest BCUT2D eigenvalue weighted by Gasteiger charge is 2.32. The van der Waals surface area contributed by atoms with Crippen LogP contribution >= 0.6 is 0 Å². The first kappa shape index (κ1) is 24.1. The minimum atomic E-state index is -0.946. The maximum atomic E-state index is 14.5. The van der Waals surface area contributed by atoms with Gasteiger partial charge in [0, 0.05) is 35.5 Å². The summed E-state index contributed by atoms with van der Waals surface area (Å²) < 4.78 is 40.2. The standard InChI is InChI=1S/C28H37F2NO2/c1-3-5-6-19-7-15-25(33-18-19)21-10-8-20(9-11-21)24-14-12-22(17-31-24)23-13-16-26(32-4-2)28(30)27(23)29/h12-14,16-17,19-21,25H,3-11,15,18H2,1-2H3. The summed E-state index contributed by atoms with van der Waals surface area (Å²) >= 11 is 0. The number of ether oxygens (including phenoxy) is 2. The smallest absolute Gasteiger partial charge is 0.201 e. The summed E-state index contributed by atoms with van der Waals surface area (Å²) in [7, 11) is 0. The first-order valence-corrected chi connectivity index (χ1v) is 12.8. The lowest BCUT2D eigenvalue weighted by atomic mass is 9.76. The second-order valence-corrected chi connectivity index (χ2v) is 9.71. The molecule has 1 aromatic carbocycles. The third-order valence-corrected chi connectivity index (χ3v) is 7.53. The van der Waals surface area contributed by atoms with Gasteiger partial charge in [-0.05, 0) is 81.9 Å². The summed E-state index contributed by atoms with van der Waals surface area (Å²) in [6, 6.07) is 6.87. The van der Waals surface area contributed by atoms with Crippen LogP contribution in [0.15, 0.2) is 30.5 Å². The molecule has 2 unspecified atom stereocenters. The number of hydrogen-bond donors (Lipinski definition) is 0. The van der Waals surface area contributed by atoms with Crippen molar-refractivity contribution >= 4 is 0 Å². The van der Waals surface area contributed by atoms with Crippen molar-refractivity contribution in [2.45, 2.75) is 83.7 Å². The highest BCUT2D eigenvalue weighted by Crippen LogP contribution is 2.40. The molecule has 0 bridgehead atoms. The Kier molecular flexibility index (Phi) is 8.34. The van der Waals surface area contributed by atoms with Gasteiger partial charge in [-0.25, -0.2) is 4.39 Å². The molecule has 1 aliphatic heterocycles. The van der Waals surface area contributed by atoms with E-state index in [0.717, 1.165) is 31.1 Å². The van der Waals surface area contributed by atoms with Gasteiger partial charge in [-0.15, -0.1) is 0 Å². The van der Waals surface area contributed by atoms with Crippen LogP contribution in [-0.4, -0.2) is 24.3 Å². The topological polar surface area (TPSA) is 31.4 Å². The number of hydrogen-bond acceptors (Lipinski definition) is 3. The van der Waals surface area contributed by atoms with Crippen LogP contribution in [0.25, 0.3) is 11.1 Å². The van der Waals surface area contributed by atoms with Gasteiger partial charge in [0.2, 0.25) is 5.82 Å². The van der Waals surface area contributed by atoms with Gasteiger partial charge >= 0.3 is 0 Å². The molecular weight excluding hydrogens is 420 g/mol. The molecule has 2 fully saturated rings. The van der Waals surface area contributed by atoms with E-state index in [1.54, 1.807) is 19.2 Å². The zero-order chi connectivity index (χ0) is 23.2. The molecule has 180 valence electrons. The molecule has 4 rings (SSSR count). The normalized spacial score (nSPS) is 25.7. The average Bonchev–Trinajstić information content (AvgIpc) is 2.86. The SMILES string of the molecule is CCCCC1CCC(C2CCC(c3ccc(-c4ccc(OCC)c(F)c4F)cn3)CC2)OC1. The Bertz CT molecular complexity index is 886. The fourth-order valence-corrected chi connectivity index (χ4v) is 5.53. The molecule has 1 saturated carbocycles. The highest BCUT2D eigenvalue weighted by atomic mass is 19.2. The maximum absolute atomic E-state index is 14.5. The van der Waals surface area contributed by atoms with Crippen LogP contribution in [0.4, 0.5) is 8.78 Å². The fourth-order valence-electron chi connectivity index (χ4n) is 5.53. The van der Waals surface area contributed by atoms with Crippen LogP contribution < -0.4 is 4.74 Å². The van der Waals surface area contributed by atoms with Crippen molar-refractivity contribution in [1.29, 1.82) is 0 Å². The lowest BCUT2D eigenvalue weighted by molar-refractivity contribution is -0.0578. The molecule has 3 nitrogen and oxygen atoms in total. The summed E-state index contributed by atoms with van der Waals surface area (Å²) in [6.45, 7) is 5.23. The molecule has 0 spiro atoms. The Morgan fingerprint density at radius 3 is 2.42 bits per heavy atom. The van der Waals surface area contributed by atoms with Crippen LogP contribution in [0.3, 0.4) is 0 Å². The van der Waals surface area contributed by atoms with Crippen LogP contribution in [0, 0.1) is 23.5 Å². The summed E-state index contributed by atoms with van der Waals surface area (Å²) in [6.07, 6.45) is 13.1. The molecule has 1 saturated heterocycles. The third-order valence-electron chi connectivity index (χ3n) is 7.53. The Morgan fingerprint density at radius 1 is 0.970 bits per heavy atom. The first-order chi connectivity index (χ1) is 16.1. The van der Waals surface area contributed by atoms with Crippen molar-refractivity contribution in [1.82, 2.24) is 4.98 Å². The van der Waals surface area contributed by atoms with Crippen molar-refractivity contribution < 1.29 is 18.3 Å². The quantitative estimate of drug-likeness (QED) is 0.407. The van der Waals surface area contributed by atoms with E-state index >= 15 is 0 Å². The maximum Gasteiger partial charge on any atom is 0.201 e. The van der Waals surface area contributed by atoms with Crippen molar-refractivity contribution in [2.75, 3.05) is 13.2 Å². The Labute approximate surface area is 196 Å². The molecule has 1 aromatic heterocycles.